The molecule has 0 aliphatic heterocycles. The van der Waals surface area contributed by atoms with Crippen LogP contribution in [0.4, 0.5) is 0 Å². The smallest absolute Gasteiger partial charge is 0.252 e. The highest BCUT2D eigenvalue weighted by Gasteiger charge is 2.01. The Morgan fingerprint density at radius 1 is 0.824 bits per heavy atom. The minimum Gasteiger partial charge on any atom is -0.276 e. The van der Waals surface area contributed by atoms with Crippen LogP contribution in [-0.2, 0) is 12.8 Å². The summed E-state index contributed by atoms with van der Waals surface area (Å²) in [6.45, 7) is 0. The summed E-state index contributed by atoms with van der Waals surface area (Å²) in [4.78, 5) is 10.9. The maximum atomic E-state index is 10.9. The number of carbonyl (C=O) groups is 1. The quantitative estimate of drug-likeness (QED) is 0.747. The summed E-state index contributed by atoms with van der Waals surface area (Å²) in [5.74, 6) is 0. The molecule has 0 aliphatic carbocycles. The molecule has 17 heavy (non-hydrogen) atoms. The Bertz CT molecular complexity index is 488. The zero-order valence-corrected chi connectivity index (χ0v) is 10.2. The molecule has 0 fully saturated rings. The topological polar surface area (TPSA) is 17.1 Å². The molecule has 0 aliphatic rings. The molecule has 2 aromatic carbocycles. The summed E-state index contributed by atoms with van der Waals surface area (Å²) >= 11 is 5.39. The molecule has 0 atom stereocenters. The fraction of sp³-hybridized carbons (Fsp3) is 0.133. The average Bonchev–Trinajstić information content (AvgIpc) is 2.38. The summed E-state index contributed by atoms with van der Waals surface area (Å²) in [5.41, 5.74) is 3.09. The van der Waals surface area contributed by atoms with E-state index < -0.39 is 5.24 Å². The van der Waals surface area contributed by atoms with Crippen molar-refractivity contribution in [2.45, 2.75) is 12.8 Å². The van der Waals surface area contributed by atoms with Crippen LogP contribution >= 0.6 is 11.6 Å². The molecule has 0 radical (unpaired) electrons. The Morgan fingerprint density at radius 2 is 1.35 bits per heavy atom. The van der Waals surface area contributed by atoms with Crippen molar-refractivity contribution in [2.75, 3.05) is 0 Å². The number of carbonyl (C=O) groups excluding carboxylic acids is 1. The third-order valence-electron chi connectivity index (χ3n) is 2.73. The molecule has 0 saturated carbocycles. The molecule has 0 spiro atoms. The number of hydrogen-bond acceptors (Lipinski definition) is 1. The molecule has 0 bridgehead atoms. The van der Waals surface area contributed by atoms with Gasteiger partial charge < -0.3 is 0 Å². The fourth-order valence-corrected chi connectivity index (χ4v) is 1.86. The van der Waals surface area contributed by atoms with Gasteiger partial charge >= 0.3 is 0 Å². The Kier molecular flexibility index (Phi) is 3.94. The SMILES string of the molecule is O=C(Cl)c1ccc(CCc2ccccc2)cc1. The first kappa shape index (κ1) is 11.9. The molecular weight excluding hydrogens is 232 g/mol. The van der Waals surface area contributed by atoms with Crippen molar-refractivity contribution in [3.05, 3.63) is 71.3 Å². The maximum Gasteiger partial charge on any atom is 0.252 e. The second-order valence-corrected chi connectivity index (χ2v) is 4.30. The zero-order chi connectivity index (χ0) is 12.1. The van der Waals surface area contributed by atoms with Gasteiger partial charge in [-0.1, -0.05) is 42.5 Å². The lowest BCUT2D eigenvalue weighted by Crippen LogP contribution is -1.93. The lowest BCUT2D eigenvalue weighted by atomic mass is 10.0. The van der Waals surface area contributed by atoms with E-state index in [1.54, 1.807) is 12.1 Å². The van der Waals surface area contributed by atoms with Gasteiger partial charge in [0.15, 0.2) is 0 Å². The summed E-state index contributed by atoms with van der Waals surface area (Å²) in [5, 5.41) is -0.403. The van der Waals surface area contributed by atoms with Gasteiger partial charge in [0, 0.05) is 5.56 Å². The monoisotopic (exact) mass is 244 g/mol. The van der Waals surface area contributed by atoms with Crippen LogP contribution in [0.1, 0.15) is 21.5 Å². The predicted molar refractivity (Wildman–Crippen MR) is 70.5 cm³/mol. The van der Waals surface area contributed by atoms with E-state index in [1.165, 1.54) is 11.1 Å². The molecule has 1 nitrogen and oxygen atoms in total. The molecule has 0 unspecified atom stereocenters. The van der Waals surface area contributed by atoms with Gasteiger partial charge in [0.1, 0.15) is 0 Å². The van der Waals surface area contributed by atoms with Crippen molar-refractivity contribution >= 4 is 16.8 Å². The first-order valence-corrected chi connectivity index (χ1v) is 5.96. The van der Waals surface area contributed by atoms with Crippen LogP contribution in [0.3, 0.4) is 0 Å². The van der Waals surface area contributed by atoms with Crippen molar-refractivity contribution < 1.29 is 4.79 Å². The van der Waals surface area contributed by atoms with Gasteiger partial charge in [0.2, 0.25) is 0 Å². The van der Waals surface area contributed by atoms with Gasteiger partial charge in [0.25, 0.3) is 5.24 Å². The highest BCUT2D eigenvalue weighted by atomic mass is 35.5. The Morgan fingerprint density at radius 3 is 1.88 bits per heavy atom. The molecular formula is C15H13ClO. The van der Waals surface area contributed by atoms with Gasteiger partial charge in [0.05, 0.1) is 0 Å². The second-order valence-electron chi connectivity index (χ2n) is 3.96. The molecule has 2 aromatic rings. The summed E-state index contributed by atoms with van der Waals surface area (Å²) in [6, 6.07) is 17.8. The van der Waals surface area contributed by atoms with Crippen molar-refractivity contribution in [3.8, 4) is 0 Å². The Labute approximate surface area is 106 Å². The van der Waals surface area contributed by atoms with E-state index in [0.29, 0.717) is 5.56 Å². The molecule has 2 rings (SSSR count). The zero-order valence-electron chi connectivity index (χ0n) is 9.40. The predicted octanol–water partition coefficient (Wildman–Crippen LogP) is 3.85. The number of halogens is 1. The Balaban J connectivity index is 1.98. The van der Waals surface area contributed by atoms with E-state index in [0.717, 1.165) is 12.8 Å². The number of aryl methyl sites for hydroxylation is 2. The van der Waals surface area contributed by atoms with Crippen LogP contribution in [0, 0.1) is 0 Å². The number of benzene rings is 2. The second kappa shape index (κ2) is 5.65. The molecule has 0 aromatic heterocycles. The van der Waals surface area contributed by atoms with Crippen LogP contribution in [0.5, 0.6) is 0 Å². The lowest BCUT2D eigenvalue weighted by Gasteiger charge is -2.02. The fourth-order valence-electron chi connectivity index (χ4n) is 1.74. The minimum atomic E-state index is -0.403. The molecule has 86 valence electrons. The van der Waals surface area contributed by atoms with E-state index in [4.69, 9.17) is 11.6 Å². The highest BCUT2D eigenvalue weighted by Crippen LogP contribution is 2.10. The van der Waals surface area contributed by atoms with Crippen molar-refractivity contribution in [3.63, 3.8) is 0 Å². The third kappa shape index (κ3) is 3.43. The third-order valence-corrected chi connectivity index (χ3v) is 2.94. The van der Waals surface area contributed by atoms with Crippen molar-refractivity contribution in [2.24, 2.45) is 0 Å². The Hall–Kier alpha value is -1.60. The van der Waals surface area contributed by atoms with E-state index in [2.05, 4.69) is 12.1 Å². The van der Waals surface area contributed by atoms with Crippen LogP contribution in [0.2, 0.25) is 0 Å². The van der Waals surface area contributed by atoms with Gasteiger partial charge in [-0.2, -0.15) is 0 Å². The first-order chi connectivity index (χ1) is 8.25. The van der Waals surface area contributed by atoms with Gasteiger partial charge in [-0.05, 0) is 47.7 Å². The van der Waals surface area contributed by atoms with Gasteiger partial charge in [-0.25, -0.2) is 0 Å². The van der Waals surface area contributed by atoms with E-state index >= 15 is 0 Å². The molecule has 0 saturated heterocycles. The number of rotatable bonds is 4. The molecule has 0 N–H and O–H groups in total. The standard InChI is InChI=1S/C15H13ClO/c16-15(17)14-10-8-13(9-11-14)7-6-12-4-2-1-3-5-12/h1-5,8-11H,6-7H2. The van der Waals surface area contributed by atoms with E-state index in [-0.39, 0.29) is 0 Å². The van der Waals surface area contributed by atoms with Crippen molar-refractivity contribution in [1.82, 2.24) is 0 Å². The molecule has 2 heteroatoms. The normalized spacial score (nSPS) is 10.2. The summed E-state index contributed by atoms with van der Waals surface area (Å²) < 4.78 is 0. The minimum absolute atomic E-state index is 0.403. The average molecular weight is 245 g/mol. The molecule has 0 heterocycles. The molecule has 0 amide bonds. The summed E-state index contributed by atoms with van der Waals surface area (Å²) in [6.07, 6.45) is 1.98. The van der Waals surface area contributed by atoms with Gasteiger partial charge in [-0.3, -0.25) is 4.79 Å². The summed E-state index contributed by atoms with van der Waals surface area (Å²) in [7, 11) is 0. The van der Waals surface area contributed by atoms with E-state index in [9.17, 15) is 4.79 Å². The largest absolute Gasteiger partial charge is 0.276 e. The van der Waals surface area contributed by atoms with Crippen LogP contribution in [0.25, 0.3) is 0 Å². The highest BCUT2D eigenvalue weighted by molar-refractivity contribution is 6.67. The van der Waals surface area contributed by atoms with Crippen LogP contribution in [-0.4, -0.2) is 5.24 Å². The maximum absolute atomic E-state index is 10.9. The van der Waals surface area contributed by atoms with E-state index in [1.807, 2.05) is 30.3 Å². The number of hydrogen-bond donors (Lipinski definition) is 0. The van der Waals surface area contributed by atoms with Gasteiger partial charge in [-0.15, -0.1) is 0 Å². The lowest BCUT2D eigenvalue weighted by molar-refractivity contribution is 0.108. The van der Waals surface area contributed by atoms with Crippen molar-refractivity contribution in [1.29, 1.82) is 0 Å². The van der Waals surface area contributed by atoms with Crippen LogP contribution < -0.4 is 0 Å². The first-order valence-electron chi connectivity index (χ1n) is 5.58. The van der Waals surface area contributed by atoms with Crippen LogP contribution in [0.15, 0.2) is 54.6 Å².